The normalized spacial score (nSPS) is 14.8. The molecule has 0 bridgehead atoms. The summed E-state index contributed by atoms with van der Waals surface area (Å²) in [6.07, 6.45) is -11.6. The van der Waals surface area contributed by atoms with E-state index in [0.717, 1.165) is 57.8 Å². The van der Waals surface area contributed by atoms with Crippen LogP contribution in [0.3, 0.4) is 0 Å². The van der Waals surface area contributed by atoms with Crippen molar-refractivity contribution in [2.45, 2.75) is 51.2 Å². The van der Waals surface area contributed by atoms with Crippen LogP contribution < -0.4 is 44.9 Å². The summed E-state index contributed by atoms with van der Waals surface area (Å²) in [7, 11) is 0. The molecule has 5 N–H and O–H groups in total. The smallest absolute Gasteiger partial charge is 1.00 e. The summed E-state index contributed by atoms with van der Waals surface area (Å²) in [5.41, 5.74) is 7.69. The maximum Gasteiger partial charge on any atom is 1.00 e. The van der Waals surface area contributed by atoms with Gasteiger partial charge in [0.1, 0.15) is 11.3 Å². The predicted octanol–water partition coefficient (Wildman–Crippen LogP) is 5.06. The zero-order chi connectivity index (χ0) is 39.7. The molecule has 2 aromatic carbocycles. The number of para-hydroxylation sites is 2. The van der Waals surface area contributed by atoms with E-state index in [4.69, 9.17) is 21.4 Å². The van der Waals surface area contributed by atoms with Crippen molar-refractivity contribution in [3.05, 3.63) is 100 Å². The Kier molecular flexibility index (Phi) is 13.1. The van der Waals surface area contributed by atoms with E-state index in [1.807, 2.05) is 48.5 Å². The number of aliphatic hydroxyl groups is 1. The van der Waals surface area contributed by atoms with Crippen molar-refractivity contribution in [1.82, 2.24) is 30.6 Å². The number of aromatic nitrogens is 4. The second-order valence-corrected chi connectivity index (χ2v) is 13.1. The molecule has 2 amide bonds. The molecule has 2 aliphatic rings. The van der Waals surface area contributed by atoms with Crippen LogP contribution in [0.5, 0.6) is 5.88 Å². The van der Waals surface area contributed by atoms with E-state index < -0.39 is 24.6 Å². The Morgan fingerprint density at radius 1 is 0.714 bits per heavy atom. The second-order valence-electron chi connectivity index (χ2n) is 12.7. The first-order valence-electron chi connectivity index (χ1n) is 16.9. The van der Waals surface area contributed by atoms with Gasteiger partial charge in [-0.1, -0.05) is 48.0 Å². The number of carbonyl (C=O) groups is 2. The summed E-state index contributed by atoms with van der Waals surface area (Å²) in [6, 6.07) is 21.9. The first-order valence-corrected chi connectivity index (χ1v) is 17.3. The van der Waals surface area contributed by atoms with Crippen LogP contribution in [0.4, 0.5) is 26.3 Å². The fourth-order valence-electron chi connectivity index (χ4n) is 5.88. The largest absolute Gasteiger partial charge is 1.00 e. The number of ether oxygens (including phenoxy) is 1. The number of carbonyl (C=O) groups excluding carboxylic acids is 2. The van der Waals surface area contributed by atoms with Crippen molar-refractivity contribution in [3.63, 3.8) is 0 Å². The number of halogens is 7. The number of hydrogen-bond donors (Lipinski definition) is 5. The molecule has 2 unspecified atom stereocenters. The molecule has 2 atom stereocenters. The number of aliphatic hydroxyl groups excluding tert-OH is 1. The van der Waals surface area contributed by atoms with E-state index in [1.54, 1.807) is 18.2 Å². The molecule has 0 aliphatic carbocycles. The molecule has 0 radical (unpaired) electrons. The monoisotopic (exact) mass is 810 g/mol. The Hall–Kier alpha value is -4.61. The quantitative estimate of drug-likeness (QED) is 0.0958. The van der Waals surface area contributed by atoms with Crippen molar-refractivity contribution >= 4 is 45.2 Å². The number of nitrogens with one attached hydrogen (secondary N) is 4. The summed E-state index contributed by atoms with van der Waals surface area (Å²) < 4.78 is 76.0. The zero-order valence-electron chi connectivity index (χ0n) is 31.1. The maximum absolute atomic E-state index is 12.8. The van der Waals surface area contributed by atoms with Gasteiger partial charge in [0.15, 0.2) is 6.10 Å². The predicted molar refractivity (Wildman–Crippen MR) is 195 cm³/mol. The molecule has 6 heterocycles. The molecule has 0 saturated carbocycles. The van der Waals surface area contributed by atoms with E-state index in [0.29, 0.717) is 53.9 Å². The Labute approximate surface area is 344 Å². The van der Waals surface area contributed by atoms with Crippen LogP contribution in [0.15, 0.2) is 72.8 Å². The summed E-state index contributed by atoms with van der Waals surface area (Å²) in [5.74, 6) is -0.270. The van der Waals surface area contributed by atoms with E-state index in [1.165, 1.54) is 6.07 Å². The maximum atomic E-state index is 12.8. The third-order valence-electron chi connectivity index (χ3n) is 8.80. The van der Waals surface area contributed by atoms with Crippen LogP contribution in [0, 0.1) is 0 Å². The Morgan fingerprint density at radius 3 is 1.62 bits per heavy atom. The van der Waals surface area contributed by atoms with Crippen molar-refractivity contribution in [2.24, 2.45) is 0 Å². The minimum Gasteiger partial charge on any atom is -1.00 e. The van der Waals surface area contributed by atoms with Crippen molar-refractivity contribution < 1.29 is 76.8 Å². The molecule has 4 aromatic heterocycles. The molecule has 8 rings (SSSR count). The average molecular weight is 811 g/mol. The van der Waals surface area contributed by atoms with Gasteiger partial charge in [0.25, 0.3) is 11.8 Å². The first kappa shape index (κ1) is 42.5. The molecular formula is C38H34ClF6N6NaO4. The van der Waals surface area contributed by atoms with Gasteiger partial charge in [-0.2, -0.15) is 26.3 Å². The van der Waals surface area contributed by atoms with Crippen LogP contribution >= 0.6 is 11.6 Å². The van der Waals surface area contributed by atoms with Gasteiger partial charge in [0.05, 0.1) is 22.2 Å². The minimum absolute atomic E-state index is 0. The van der Waals surface area contributed by atoms with Crippen molar-refractivity contribution in [2.75, 3.05) is 13.1 Å². The van der Waals surface area contributed by atoms with Crippen LogP contribution in [-0.4, -0.2) is 74.5 Å². The van der Waals surface area contributed by atoms with E-state index in [-0.39, 0.29) is 48.7 Å². The van der Waals surface area contributed by atoms with Crippen LogP contribution in [0.25, 0.3) is 44.3 Å². The second kappa shape index (κ2) is 17.3. The third-order valence-corrected chi connectivity index (χ3v) is 9.01. The van der Waals surface area contributed by atoms with E-state index in [9.17, 15) is 35.9 Å². The number of rotatable bonds is 4. The summed E-state index contributed by atoms with van der Waals surface area (Å²) in [4.78, 5) is 39.2. The number of hydrogen-bond acceptors (Lipinski definition) is 6. The van der Waals surface area contributed by atoms with Crippen molar-refractivity contribution in [3.8, 4) is 28.4 Å². The Morgan fingerprint density at radius 2 is 1.18 bits per heavy atom. The molecule has 0 fully saturated rings. The molecular weight excluding hydrogens is 777 g/mol. The molecule has 18 heteroatoms. The standard InChI is InChI=1S/C19H16F3N3O2.C16H12ClN3O.C3H5F3O.Na.H/c1-10(19(20,21)22)27-16-6-5-11-3-2-4-12(17(11)25-16)15-9-13-14(24-15)7-8-23-18(13)26;17-14-5-4-9-2-1-3-10(15(9)20-14)13-8-11-12(19-13)6-7-18-16(11)21;1-2(7)3(4,5)6;;/h2-6,9-10,24H,7-8H2,1H3,(H,23,26);1-5,8,19H,6-7H2,(H,18,21);2,7H,1H3;;/q;;;+1;-1. The van der Waals surface area contributed by atoms with Crippen LogP contribution in [0.1, 0.15) is 47.4 Å². The third kappa shape index (κ3) is 9.66. The Balaban J connectivity index is 0.000000214. The van der Waals surface area contributed by atoms with Crippen molar-refractivity contribution in [1.29, 1.82) is 0 Å². The SMILES string of the molecule is CC(O)C(F)(F)F.CC(Oc1ccc2cccc(-c3cc4c([nH]3)CCNC4=O)c2n1)C(F)(F)F.O=C1NCCc2[nH]c(-c3cccc4ccc(Cl)nc34)cc21.[H-].[Na+]. The number of aromatic amines is 2. The van der Waals surface area contributed by atoms with Gasteiger partial charge >= 0.3 is 41.9 Å². The van der Waals surface area contributed by atoms with Gasteiger partial charge in [-0.15, -0.1) is 0 Å². The van der Waals surface area contributed by atoms with E-state index in [2.05, 4.69) is 30.6 Å². The molecule has 2 aliphatic heterocycles. The fraction of sp³-hybridized carbons (Fsp3) is 0.263. The number of pyridine rings is 2. The first-order chi connectivity index (χ1) is 26.0. The van der Waals surface area contributed by atoms with Gasteiger partial charge in [-0.3, -0.25) is 9.59 Å². The van der Waals surface area contributed by atoms with Crippen LogP contribution in [0.2, 0.25) is 5.15 Å². The Bertz CT molecular complexity index is 2390. The van der Waals surface area contributed by atoms with Gasteiger partial charge in [0, 0.05) is 76.7 Å². The molecule has 6 aromatic rings. The molecule has 56 heavy (non-hydrogen) atoms. The summed E-state index contributed by atoms with van der Waals surface area (Å²) in [6.45, 7) is 2.85. The van der Waals surface area contributed by atoms with Gasteiger partial charge in [0.2, 0.25) is 5.88 Å². The van der Waals surface area contributed by atoms with Gasteiger partial charge in [-0.05, 0) is 44.2 Å². The number of nitrogens with zero attached hydrogens (tertiary/aromatic N) is 2. The fourth-order valence-corrected chi connectivity index (χ4v) is 6.03. The number of H-pyrrole nitrogens is 2. The number of amides is 2. The van der Waals surface area contributed by atoms with Gasteiger partial charge in [-0.25, -0.2) is 9.97 Å². The summed E-state index contributed by atoms with van der Waals surface area (Å²) in [5, 5.41) is 15.6. The van der Waals surface area contributed by atoms with Gasteiger partial charge < -0.3 is 31.9 Å². The van der Waals surface area contributed by atoms with E-state index >= 15 is 0 Å². The number of benzene rings is 2. The molecule has 0 saturated heterocycles. The molecule has 0 spiro atoms. The molecule has 290 valence electrons. The topological polar surface area (TPSA) is 145 Å². The van der Waals surface area contributed by atoms with Crippen LogP contribution in [-0.2, 0) is 12.8 Å². The molecule has 10 nitrogen and oxygen atoms in total. The number of fused-ring (bicyclic) bond motifs is 4. The number of alkyl halides is 6. The summed E-state index contributed by atoms with van der Waals surface area (Å²) >= 11 is 6.02. The minimum atomic E-state index is -4.47. The average Bonchev–Trinajstić information content (AvgIpc) is 3.77. The zero-order valence-corrected chi connectivity index (χ0v) is 32.9.